The zero-order chi connectivity index (χ0) is 14.5. The summed E-state index contributed by atoms with van der Waals surface area (Å²) in [6.45, 7) is 0. The average molecular weight is 283 g/mol. The van der Waals surface area contributed by atoms with Crippen LogP contribution < -0.4 is 0 Å². The van der Waals surface area contributed by atoms with Gasteiger partial charge in [-0.2, -0.15) is 0 Å². The Kier molecular flexibility index (Phi) is 2.51. The third-order valence-corrected chi connectivity index (χ3v) is 5.10. The van der Waals surface area contributed by atoms with Crippen molar-refractivity contribution in [2.75, 3.05) is 0 Å². The van der Waals surface area contributed by atoms with Gasteiger partial charge in [-0.15, -0.1) is 0 Å². The second-order valence-electron chi connectivity index (χ2n) is 6.29. The number of aryl methyl sites for hydroxylation is 4. The summed E-state index contributed by atoms with van der Waals surface area (Å²) in [7, 11) is 0. The van der Waals surface area contributed by atoms with E-state index in [0.29, 0.717) is 0 Å². The molecule has 0 unspecified atom stereocenters. The predicted octanol–water partition coefficient (Wildman–Crippen LogP) is 4.61. The zero-order valence-electron chi connectivity index (χ0n) is 12.5. The van der Waals surface area contributed by atoms with Crippen molar-refractivity contribution in [1.29, 1.82) is 0 Å². The Morgan fingerprint density at radius 2 is 1.18 bits per heavy atom. The van der Waals surface area contributed by atoms with E-state index in [0.717, 1.165) is 25.7 Å². The van der Waals surface area contributed by atoms with E-state index in [2.05, 4.69) is 54.7 Å². The molecule has 106 valence electrons. The Labute approximate surface area is 130 Å². The summed E-state index contributed by atoms with van der Waals surface area (Å²) in [5, 5.41) is 0. The first-order chi connectivity index (χ1) is 10.9. The molecule has 0 aliphatic heterocycles. The summed E-state index contributed by atoms with van der Waals surface area (Å²) in [6.07, 6.45) is 6.52. The molecule has 5 rings (SSSR count). The van der Waals surface area contributed by atoms with Crippen LogP contribution in [0, 0.1) is 0 Å². The molecule has 0 saturated heterocycles. The number of aromatic nitrogens is 1. The smallest absolute Gasteiger partial charge is 0.0491 e. The molecule has 22 heavy (non-hydrogen) atoms. The van der Waals surface area contributed by atoms with Gasteiger partial charge in [-0.25, -0.2) is 0 Å². The molecule has 2 aliphatic carbocycles. The maximum Gasteiger partial charge on any atom is 0.0491 e. The first-order valence-corrected chi connectivity index (χ1v) is 8.09. The fourth-order valence-electron chi connectivity index (χ4n) is 4.05. The van der Waals surface area contributed by atoms with Crippen molar-refractivity contribution >= 4 is 0 Å². The van der Waals surface area contributed by atoms with E-state index < -0.39 is 0 Å². The van der Waals surface area contributed by atoms with Crippen LogP contribution in [0.4, 0.5) is 0 Å². The molecule has 1 heteroatoms. The highest BCUT2D eigenvalue weighted by Gasteiger charge is 2.26. The molecule has 1 nitrogen and oxygen atoms in total. The molecule has 0 bridgehead atoms. The molecule has 0 fully saturated rings. The number of nitrogens with zero attached hydrogens (tertiary/aromatic N) is 1. The standard InChI is InChI=1S/C21H17N/c1-3-7-17-14(5-1)9-10-16-13-22-19-12-11-15-6-2-4-8-18(15)21(19)20(16)17/h1-8,13H,9-12H2. The van der Waals surface area contributed by atoms with Crippen LogP contribution in [0.25, 0.3) is 22.3 Å². The molecule has 0 amide bonds. The van der Waals surface area contributed by atoms with Crippen molar-refractivity contribution in [1.82, 2.24) is 4.98 Å². The Morgan fingerprint density at radius 3 is 1.95 bits per heavy atom. The largest absolute Gasteiger partial charge is 0.260 e. The quantitative estimate of drug-likeness (QED) is 0.587. The highest BCUT2D eigenvalue weighted by atomic mass is 14.7. The summed E-state index contributed by atoms with van der Waals surface area (Å²) in [5.41, 5.74) is 11.3. The van der Waals surface area contributed by atoms with Crippen LogP contribution in [0.5, 0.6) is 0 Å². The molecule has 0 spiro atoms. The second-order valence-corrected chi connectivity index (χ2v) is 6.29. The summed E-state index contributed by atoms with van der Waals surface area (Å²) >= 11 is 0. The normalized spacial score (nSPS) is 14.5. The van der Waals surface area contributed by atoms with E-state index in [1.807, 2.05) is 0 Å². The van der Waals surface area contributed by atoms with Crippen molar-refractivity contribution < 1.29 is 0 Å². The highest BCUT2D eigenvalue weighted by molar-refractivity contribution is 5.91. The van der Waals surface area contributed by atoms with E-state index in [1.54, 1.807) is 0 Å². The number of pyridine rings is 1. The monoisotopic (exact) mass is 283 g/mol. The van der Waals surface area contributed by atoms with Gasteiger partial charge in [0.2, 0.25) is 0 Å². The minimum atomic E-state index is 1.06. The van der Waals surface area contributed by atoms with Gasteiger partial charge in [-0.05, 0) is 59.1 Å². The van der Waals surface area contributed by atoms with Gasteiger partial charge < -0.3 is 0 Å². The Hall–Kier alpha value is -2.41. The topological polar surface area (TPSA) is 12.9 Å². The lowest BCUT2D eigenvalue weighted by atomic mass is 9.78. The molecule has 2 aliphatic rings. The molecule has 2 aromatic carbocycles. The van der Waals surface area contributed by atoms with E-state index in [-0.39, 0.29) is 0 Å². The van der Waals surface area contributed by atoms with E-state index in [1.165, 1.54) is 44.6 Å². The molecule has 1 heterocycles. The molecule has 1 aromatic heterocycles. The van der Waals surface area contributed by atoms with Crippen molar-refractivity contribution in [3.05, 3.63) is 77.1 Å². The van der Waals surface area contributed by atoms with Crippen LogP contribution >= 0.6 is 0 Å². The Bertz CT molecular complexity index is 818. The van der Waals surface area contributed by atoms with E-state index in [9.17, 15) is 0 Å². The summed E-state index contributed by atoms with van der Waals surface area (Å²) in [6, 6.07) is 17.7. The number of benzene rings is 2. The zero-order valence-corrected chi connectivity index (χ0v) is 12.5. The minimum absolute atomic E-state index is 1.06. The van der Waals surface area contributed by atoms with Crippen molar-refractivity contribution in [2.24, 2.45) is 0 Å². The van der Waals surface area contributed by atoms with Gasteiger partial charge in [0.1, 0.15) is 0 Å². The van der Waals surface area contributed by atoms with Gasteiger partial charge >= 0.3 is 0 Å². The van der Waals surface area contributed by atoms with Gasteiger partial charge in [-0.1, -0.05) is 48.5 Å². The molecular formula is C21H17N. The molecule has 0 saturated carbocycles. The van der Waals surface area contributed by atoms with E-state index >= 15 is 0 Å². The minimum Gasteiger partial charge on any atom is -0.260 e. The highest BCUT2D eigenvalue weighted by Crippen LogP contribution is 2.44. The Morgan fingerprint density at radius 1 is 0.591 bits per heavy atom. The van der Waals surface area contributed by atoms with Crippen molar-refractivity contribution in [3.63, 3.8) is 0 Å². The van der Waals surface area contributed by atoms with Crippen molar-refractivity contribution in [2.45, 2.75) is 25.7 Å². The number of hydrogen-bond acceptors (Lipinski definition) is 1. The van der Waals surface area contributed by atoms with Crippen LogP contribution in [-0.2, 0) is 25.7 Å². The third kappa shape index (κ3) is 1.62. The first kappa shape index (κ1) is 12.2. The van der Waals surface area contributed by atoms with Crippen LogP contribution in [0.15, 0.2) is 54.7 Å². The third-order valence-electron chi connectivity index (χ3n) is 5.10. The van der Waals surface area contributed by atoms with Gasteiger partial charge in [0.25, 0.3) is 0 Å². The first-order valence-electron chi connectivity index (χ1n) is 8.09. The molecule has 3 aromatic rings. The maximum absolute atomic E-state index is 4.80. The predicted molar refractivity (Wildman–Crippen MR) is 89.9 cm³/mol. The summed E-state index contributed by atoms with van der Waals surface area (Å²) in [5.74, 6) is 0. The maximum atomic E-state index is 4.80. The lowest BCUT2D eigenvalue weighted by molar-refractivity contribution is 0.873. The number of fused-ring (bicyclic) bond motifs is 7. The number of rotatable bonds is 0. The van der Waals surface area contributed by atoms with Gasteiger partial charge in [0.15, 0.2) is 0 Å². The number of hydrogen-bond donors (Lipinski definition) is 0. The summed E-state index contributed by atoms with van der Waals surface area (Å²) in [4.78, 5) is 4.80. The van der Waals surface area contributed by atoms with Gasteiger partial charge in [0.05, 0.1) is 0 Å². The van der Waals surface area contributed by atoms with Crippen LogP contribution in [0.1, 0.15) is 22.4 Å². The van der Waals surface area contributed by atoms with Gasteiger partial charge in [-0.3, -0.25) is 4.98 Å². The lowest BCUT2D eigenvalue weighted by Crippen LogP contribution is -2.12. The second kappa shape index (κ2) is 4.54. The molecule has 0 N–H and O–H groups in total. The molecule has 0 atom stereocenters. The van der Waals surface area contributed by atoms with Crippen molar-refractivity contribution in [3.8, 4) is 22.3 Å². The van der Waals surface area contributed by atoms with Gasteiger partial charge in [0, 0.05) is 17.5 Å². The fourth-order valence-corrected chi connectivity index (χ4v) is 4.05. The SMILES string of the molecule is c1ccc2c(c1)CCc1cnc3c(c1-2)-c1ccccc1CC3. The van der Waals surface area contributed by atoms with Crippen LogP contribution in [-0.4, -0.2) is 4.98 Å². The molecular weight excluding hydrogens is 266 g/mol. The average Bonchev–Trinajstić information content (AvgIpc) is 2.60. The Balaban J connectivity index is 1.88. The van der Waals surface area contributed by atoms with Crippen LogP contribution in [0.3, 0.4) is 0 Å². The lowest BCUT2D eigenvalue weighted by Gasteiger charge is -2.27. The van der Waals surface area contributed by atoms with E-state index in [4.69, 9.17) is 4.98 Å². The molecule has 0 radical (unpaired) electrons. The van der Waals surface area contributed by atoms with Crippen LogP contribution in [0.2, 0.25) is 0 Å². The summed E-state index contributed by atoms with van der Waals surface area (Å²) < 4.78 is 0. The fraction of sp³-hybridized carbons (Fsp3) is 0.190.